The van der Waals surface area contributed by atoms with Crippen LogP contribution in [0.2, 0.25) is 0 Å². The quantitative estimate of drug-likeness (QED) is 0.478. The predicted molar refractivity (Wildman–Crippen MR) is 88.9 cm³/mol. The topological polar surface area (TPSA) is 72.9 Å². The molecule has 1 aromatic rings. The Balaban J connectivity index is 1.79. The van der Waals surface area contributed by atoms with Gasteiger partial charge in [0.05, 0.1) is 40.9 Å². The molecule has 3 aliphatic rings. The van der Waals surface area contributed by atoms with Gasteiger partial charge in [0.15, 0.2) is 0 Å². The van der Waals surface area contributed by atoms with Gasteiger partial charge in [0, 0.05) is 0 Å². The van der Waals surface area contributed by atoms with E-state index in [0.29, 0.717) is 0 Å². The number of rotatable bonds is 3. The largest absolute Gasteiger partial charge is 0.462 e. The Morgan fingerprint density at radius 1 is 1.12 bits per heavy atom. The summed E-state index contributed by atoms with van der Waals surface area (Å²) in [5.41, 5.74) is -1.10. The molecule has 2 bridgehead atoms. The van der Waals surface area contributed by atoms with Crippen molar-refractivity contribution in [1.29, 1.82) is 0 Å². The second-order valence-electron chi connectivity index (χ2n) is 7.01. The first-order chi connectivity index (χ1) is 11.8. The molecule has 0 saturated carbocycles. The summed E-state index contributed by atoms with van der Waals surface area (Å²) in [5.74, 6) is -2.37. The van der Waals surface area contributed by atoms with Gasteiger partial charge >= 0.3 is 5.97 Å². The van der Waals surface area contributed by atoms with Crippen molar-refractivity contribution in [3.05, 3.63) is 42.0 Å². The van der Waals surface area contributed by atoms with Gasteiger partial charge in [-0.15, -0.1) is 0 Å². The van der Waals surface area contributed by atoms with E-state index < -0.39 is 29.0 Å². The summed E-state index contributed by atoms with van der Waals surface area (Å²) >= 11 is 0. The summed E-state index contributed by atoms with van der Waals surface area (Å²) in [7, 11) is 0. The summed E-state index contributed by atoms with van der Waals surface area (Å²) in [6.07, 6.45) is 3.72. The molecular weight excluding hydrogens is 322 g/mol. The Labute approximate surface area is 145 Å². The Morgan fingerprint density at radius 3 is 2.24 bits per heavy atom. The molecule has 0 spiro atoms. The molecule has 6 heteroatoms. The van der Waals surface area contributed by atoms with Crippen LogP contribution >= 0.6 is 0 Å². The van der Waals surface area contributed by atoms with Gasteiger partial charge in [0.1, 0.15) is 0 Å². The number of imide groups is 1. The highest BCUT2D eigenvalue weighted by Crippen LogP contribution is 2.57. The number of hydrogen-bond acceptors (Lipinski definition) is 5. The van der Waals surface area contributed by atoms with Crippen LogP contribution in [0.1, 0.15) is 31.1 Å². The van der Waals surface area contributed by atoms with Crippen molar-refractivity contribution in [1.82, 2.24) is 0 Å². The van der Waals surface area contributed by atoms with Crippen LogP contribution in [0.5, 0.6) is 0 Å². The lowest BCUT2D eigenvalue weighted by Gasteiger charge is -2.26. The van der Waals surface area contributed by atoms with Crippen LogP contribution in [0, 0.1) is 11.8 Å². The fourth-order valence-corrected chi connectivity index (χ4v) is 4.32. The Morgan fingerprint density at radius 2 is 1.68 bits per heavy atom. The van der Waals surface area contributed by atoms with Gasteiger partial charge in [-0.25, -0.2) is 9.69 Å². The van der Waals surface area contributed by atoms with Crippen LogP contribution in [0.3, 0.4) is 0 Å². The lowest BCUT2D eigenvalue weighted by atomic mass is 9.73. The average Bonchev–Trinajstić information content (AvgIpc) is 3.12. The maximum atomic E-state index is 13.1. The first kappa shape index (κ1) is 16.0. The van der Waals surface area contributed by atoms with Crippen LogP contribution in [-0.2, 0) is 19.1 Å². The lowest BCUT2D eigenvalue weighted by molar-refractivity contribution is -0.128. The molecule has 2 saturated heterocycles. The van der Waals surface area contributed by atoms with Crippen molar-refractivity contribution in [2.45, 2.75) is 32.0 Å². The first-order valence-electron chi connectivity index (χ1n) is 8.37. The van der Waals surface area contributed by atoms with E-state index in [9.17, 15) is 14.4 Å². The summed E-state index contributed by atoms with van der Waals surface area (Å²) in [6.45, 7) is 5.57. The Bertz CT molecular complexity index is 795. The molecule has 0 aromatic heterocycles. The van der Waals surface area contributed by atoms with E-state index in [4.69, 9.17) is 9.47 Å². The Hall–Kier alpha value is -2.47. The molecule has 3 aliphatic heterocycles. The van der Waals surface area contributed by atoms with E-state index >= 15 is 0 Å². The molecule has 130 valence electrons. The highest BCUT2D eigenvalue weighted by atomic mass is 16.5. The van der Waals surface area contributed by atoms with Gasteiger partial charge in [-0.2, -0.15) is 0 Å². The molecule has 4 atom stereocenters. The average molecular weight is 341 g/mol. The minimum absolute atomic E-state index is 0.211. The minimum atomic E-state index is -0.792. The smallest absolute Gasteiger partial charge is 0.340 e. The van der Waals surface area contributed by atoms with Crippen LogP contribution in [0.15, 0.2) is 36.4 Å². The molecule has 6 nitrogen and oxygen atoms in total. The molecule has 0 radical (unpaired) electrons. The number of benzene rings is 1. The number of para-hydroxylation sites is 1. The van der Waals surface area contributed by atoms with Crippen molar-refractivity contribution in [2.75, 3.05) is 11.5 Å². The van der Waals surface area contributed by atoms with Crippen molar-refractivity contribution in [3.63, 3.8) is 0 Å². The highest BCUT2D eigenvalue weighted by Gasteiger charge is 2.70. The molecule has 1 aromatic carbocycles. The molecule has 25 heavy (non-hydrogen) atoms. The third-order valence-corrected chi connectivity index (χ3v) is 5.37. The van der Waals surface area contributed by atoms with Crippen molar-refractivity contribution in [3.8, 4) is 0 Å². The summed E-state index contributed by atoms with van der Waals surface area (Å²) < 4.78 is 11.0. The van der Waals surface area contributed by atoms with E-state index in [2.05, 4.69) is 0 Å². The second kappa shape index (κ2) is 5.02. The zero-order valence-corrected chi connectivity index (χ0v) is 14.3. The van der Waals surface area contributed by atoms with Gasteiger partial charge in [0.25, 0.3) is 0 Å². The summed E-state index contributed by atoms with van der Waals surface area (Å²) in [4.78, 5) is 39.6. The van der Waals surface area contributed by atoms with Gasteiger partial charge in [0.2, 0.25) is 11.8 Å². The number of fused-ring (bicyclic) bond motifs is 5. The number of ether oxygens (including phenoxy) is 2. The third kappa shape index (κ3) is 1.97. The highest BCUT2D eigenvalue weighted by molar-refractivity contribution is 6.25. The molecule has 0 aliphatic carbocycles. The van der Waals surface area contributed by atoms with E-state index in [1.165, 1.54) is 0 Å². The van der Waals surface area contributed by atoms with Gasteiger partial charge in [-0.1, -0.05) is 24.3 Å². The zero-order valence-electron chi connectivity index (χ0n) is 14.3. The van der Waals surface area contributed by atoms with Crippen LogP contribution < -0.4 is 4.90 Å². The molecule has 3 heterocycles. The van der Waals surface area contributed by atoms with Crippen molar-refractivity contribution >= 4 is 23.5 Å². The van der Waals surface area contributed by atoms with Gasteiger partial charge in [-0.05, 0) is 32.9 Å². The molecular formula is C19H19NO5. The maximum absolute atomic E-state index is 13.1. The zero-order chi connectivity index (χ0) is 18.0. The predicted octanol–water partition coefficient (Wildman–Crippen LogP) is 2.09. The third-order valence-electron chi connectivity index (χ3n) is 5.37. The minimum Gasteiger partial charge on any atom is -0.462 e. The Kier molecular flexibility index (Phi) is 3.22. The van der Waals surface area contributed by atoms with Crippen LogP contribution in [0.25, 0.3) is 0 Å². The number of hydrogen-bond donors (Lipinski definition) is 0. The van der Waals surface area contributed by atoms with E-state index in [1.807, 2.05) is 26.0 Å². The molecule has 0 N–H and O–H groups in total. The molecule has 2 fully saturated rings. The van der Waals surface area contributed by atoms with E-state index in [1.54, 1.807) is 31.2 Å². The van der Waals surface area contributed by atoms with Gasteiger partial charge in [-0.3, -0.25) is 9.59 Å². The lowest BCUT2D eigenvalue weighted by Crippen LogP contribution is -2.40. The maximum Gasteiger partial charge on any atom is 0.340 e. The van der Waals surface area contributed by atoms with Crippen molar-refractivity contribution in [2.24, 2.45) is 11.8 Å². The summed E-state index contributed by atoms with van der Waals surface area (Å²) in [6, 6.07) is 6.54. The van der Waals surface area contributed by atoms with E-state index in [0.717, 1.165) is 4.90 Å². The van der Waals surface area contributed by atoms with Crippen molar-refractivity contribution < 1.29 is 23.9 Å². The monoisotopic (exact) mass is 341 g/mol. The fraction of sp³-hybridized carbons (Fsp3) is 0.421. The number of anilines is 1. The normalized spacial score (nSPS) is 35.4. The fourth-order valence-electron chi connectivity index (χ4n) is 4.32. The molecule has 2 amide bonds. The first-order valence-corrected chi connectivity index (χ1v) is 8.37. The number of amides is 2. The number of carbonyl (C=O) groups is 3. The molecule has 0 unspecified atom stereocenters. The number of nitrogens with zero attached hydrogens (tertiary/aromatic N) is 1. The van der Waals surface area contributed by atoms with Crippen LogP contribution in [-0.4, -0.2) is 35.6 Å². The summed E-state index contributed by atoms with van der Waals surface area (Å²) in [5, 5.41) is 0. The second-order valence-corrected chi connectivity index (χ2v) is 7.01. The number of carbonyl (C=O) groups excluding carboxylic acids is 3. The van der Waals surface area contributed by atoms with E-state index in [-0.39, 0.29) is 29.7 Å². The SMILES string of the molecule is CCOC(=O)c1ccccc1N1C(=O)[C@@H]2[C@@H](C1=O)[C@]1(C)C=C[C@]2(C)O1. The van der Waals surface area contributed by atoms with Gasteiger partial charge < -0.3 is 9.47 Å². The molecule has 4 rings (SSSR count). The number of esters is 1. The van der Waals surface area contributed by atoms with Crippen LogP contribution in [0.4, 0.5) is 5.69 Å². The standard InChI is InChI=1S/C19H19NO5/c1-4-24-17(23)11-7-5-6-8-12(11)20-15(21)13-14(16(20)22)19(3)10-9-18(13,2)25-19/h5-10,13-14H,4H2,1-3H3/t13-,14-,18-,19-/m0/s1.